The minimum Gasteiger partial charge on any atom is -0.387 e. The van der Waals surface area contributed by atoms with Gasteiger partial charge in [0.25, 0.3) is 0 Å². The Morgan fingerprint density at radius 3 is 3.00 bits per heavy atom. The van der Waals surface area contributed by atoms with Crippen LogP contribution in [0.25, 0.3) is 0 Å². The number of urea groups is 1. The summed E-state index contributed by atoms with van der Waals surface area (Å²) in [5.41, 5.74) is 1.55. The number of carbonyl (C=O) groups is 1. The first-order valence-corrected chi connectivity index (χ1v) is 8.25. The van der Waals surface area contributed by atoms with Gasteiger partial charge in [0.1, 0.15) is 0 Å². The van der Waals surface area contributed by atoms with E-state index in [-0.39, 0.29) is 12.6 Å². The number of carbonyl (C=O) groups excluding carboxylic acids is 1. The van der Waals surface area contributed by atoms with E-state index in [4.69, 9.17) is 0 Å². The molecule has 1 aromatic heterocycles. The molecule has 0 aliphatic rings. The number of hydrogen-bond donors (Lipinski definition) is 3. The number of benzene rings is 1. The minimum absolute atomic E-state index is 0.185. The van der Waals surface area contributed by atoms with Crippen LogP contribution in [0.15, 0.2) is 46.0 Å². The highest BCUT2D eigenvalue weighted by atomic mass is 32.2. The Bertz CT molecular complexity index is 558. The van der Waals surface area contributed by atoms with Gasteiger partial charge in [-0.2, -0.15) is 11.3 Å². The van der Waals surface area contributed by atoms with Gasteiger partial charge in [0.2, 0.25) is 0 Å². The van der Waals surface area contributed by atoms with E-state index in [0.29, 0.717) is 0 Å². The topological polar surface area (TPSA) is 61.4 Å². The largest absolute Gasteiger partial charge is 0.387 e. The lowest BCUT2D eigenvalue weighted by atomic mass is 10.2. The van der Waals surface area contributed by atoms with Gasteiger partial charge in [-0.1, -0.05) is 6.07 Å². The standard InChI is InChI=1S/C14H16N2O2S2/c1-19-12-4-2-3-11(7-12)16-14(18)15-8-13(17)10-5-6-20-9-10/h2-7,9,13,17H,8H2,1H3,(H2,15,16,18). The molecular weight excluding hydrogens is 292 g/mol. The smallest absolute Gasteiger partial charge is 0.319 e. The quantitative estimate of drug-likeness (QED) is 0.743. The summed E-state index contributed by atoms with van der Waals surface area (Å²) in [5.74, 6) is 0. The number of anilines is 1. The zero-order valence-corrected chi connectivity index (χ0v) is 12.6. The highest BCUT2D eigenvalue weighted by Crippen LogP contribution is 2.19. The molecule has 1 atom stereocenters. The molecule has 6 heteroatoms. The van der Waals surface area contributed by atoms with Crippen molar-refractivity contribution in [2.45, 2.75) is 11.0 Å². The molecule has 2 aromatic rings. The Labute approximate surface area is 126 Å². The first kappa shape index (κ1) is 14.9. The summed E-state index contributed by atoms with van der Waals surface area (Å²) in [6, 6.07) is 9.12. The lowest BCUT2D eigenvalue weighted by Gasteiger charge is -2.12. The zero-order valence-electron chi connectivity index (χ0n) is 11.0. The second-order valence-corrected chi connectivity index (χ2v) is 5.80. The summed E-state index contributed by atoms with van der Waals surface area (Å²) < 4.78 is 0. The maximum absolute atomic E-state index is 11.7. The lowest BCUT2D eigenvalue weighted by molar-refractivity contribution is 0.175. The van der Waals surface area contributed by atoms with Crippen molar-refractivity contribution in [3.63, 3.8) is 0 Å². The Kier molecular flexibility index (Phi) is 5.46. The third-order valence-corrected chi connectivity index (χ3v) is 4.14. The Morgan fingerprint density at radius 1 is 1.45 bits per heavy atom. The average Bonchev–Trinajstić information content (AvgIpc) is 2.99. The number of amides is 2. The lowest BCUT2D eigenvalue weighted by Crippen LogP contribution is -2.32. The van der Waals surface area contributed by atoms with E-state index in [9.17, 15) is 9.90 Å². The molecule has 1 heterocycles. The van der Waals surface area contributed by atoms with Crippen LogP contribution in [0.5, 0.6) is 0 Å². The number of nitrogens with one attached hydrogen (secondary N) is 2. The molecule has 0 saturated carbocycles. The van der Waals surface area contributed by atoms with Crippen LogP contribution in [0.3, 0.4) is 0 Å². The highest BCUT2D eigenvalue weighted by Gasteiger charge is 2.09. The molecule has 20 heavy (non-hydrogen) atoms. The van der Waals surface area contributed by atoms with Crippen LogP contribution >= 0.6 is 23.1 Å². The zero-order chi connectivity index (χ0) is 14.4. The monoisotopic (exact) mass is 308 g/mol. The molecule has 1 unspecified atom stereocenters. The van der Waals surface area contributed by atoms with E-state index in [1.54, 1.807) is 11.8 Å². The van der Waals surface area contributed by atoms with Crippen molar-refractivity contribution in [1.29, 1.82) is 0 Å². The van der Waals surface area contributed by atoms with Gasteiger partial charge in [-0.15, -0.1) is 11.8 Å². The number of hydrogen-bond acceptors (Lipinski definition) is 4. The number of thioether (sulfide) groups is 1. The Hall–Kier alpha value is -1.50. The molecule has 2 rings (SSSR count). The normalized spacial score (nSPS) is 11.9. The maximum Gasteiger partial charge on any atom is 0.319 e. The van der Waals surface area contributed by atoms with Crippen LogP contribution in [0.1, 0.15) is 11.7 Å². The number of rotatable bonds is 5. The molecule has 0 saturated heterocycles. The van der Waals surface area contributed by atoms with E-state index in [2.05, 4.69) is 10.6 Å². The Balaban J connectivity index is 1.83. The molecule has 0 fully saturated rings. The van der Waals surface area contributed by atoms with E-state index >= 15 is 0 Å². The molecule has 0 radical (unpaired) electrons. The predicted octanol–water partition coefficient (Wildman–Crippen LogP) is 3.33. The van der Waals surface area contributed by atoms with E-state index in [1.807, 2.05) is 47.3 Å². The van der Waals surface area contributed by atoms with Crippen molar-refractivity contribution in [3.05, 3.63) is 46.7 Å². The van der Waals surface area contributed by atoms with E-state index in [1.165, 1.54) is 11.3 Å². The van der Waals surface area contributed by atoms with Crippen molar-refractivity contribution in [2.24, 2.45) is 0 Å². The van der Waals surface area contributed by atoms with Crippen LogP contribution in [0, 0.1) is 0 Å². The second kappa shape index (κ2) is 7.33. The van der Waals surface area contributed by atoms with Gasteiger partial charge in [0, 0.05) is 17.1 Å². The fourth-order valence-corrected chi connectivity index (χ4v) is 2.81. The summed E-state index contributed by atoms with van der Waals surface area (Å²) in [7, 11) is 0. The molecule has 2 amide bonds. The number of aliphatic hydroxyl groups excluding tert-OH is 1. The van der Waals surface area contributed by atoms with E-state index < -0.39 is 6.10 Å². The summed E-state index contributed by atoms with van der Waals surface area (Å²) in [6.07, 6.45) is 1.31. The van der Waals surface area contributed by atoms with Crippen molar-refractivity contribution in [1.82, 2.24) is 5.32 Å². The molecule has 0 bridgehead atoms. The summed E-state index contributed by atoms with van der Waals surface area (Å²) in [5, 5.41) is 19.0. The third kappa shape index (κ3) is 4.26. The molecule has 4 nitrogen and oxygen atoms in total. The van der Waals surface area contributed by atoms with Gasteiger partial charge in [0.15, 0.2) is 0 Å². The maximum atomic E-state index is 11.7. The molecule has 3 N–H and O–H groups in total. The van der Waals surface area contributed by atoms with Crippen LogP contribution in [-0.4, -0.2) is 23.9 Å². The second-order valence-electron chi connectivity index (χ2n) is 4.14. The fraction of sp³-hybridized carbons (Fsp3) is 0.214. The molecule has 0 aliphatic carbocycles. The van der Waals surface area contributed by atoms with Gasteiger partial charge in [-0.05, 0) is 46.8 Å². The summed E-state index contributed by atoms with van der Waals surface area (Å²) >= 11 is 3.13. The van der Waals surface area contributed by atoms with Gasteiger partial charge >= 0.3 is 6.03 Å². The molecular formula is C14H16N2O2S2. The van der Waals surface area contributed by atoms with Crippen LogP contribution in [-0.2, 0) is 0 Å². The SMILES string of the molecule is CSc1cccc(NC(=O)NCC(O)c2ccsc2)c1. The fourth-order valence-electron chi connectivity index (χ4n) is 1.65. The van der Waals surface area contributed by atoms with Crippen molar-refractivity contribution in [3.8, 4) is 0 Å². The van der Waals surface area contributed by atoms with Gasteiger partial charge in [-0.3, -0.25) is 0 Å². The van der Waals surface area contributed by atoms with Crippen molar-refractivity contribution < 1.29 is 9.90 Å². The molecule has 106 valence electrons. The molecule has 1 aromatic carbocycles. The van der Waals surface area contributed by atoms with Gasteiger partial charge in [0.05, 0.1) is 6.10 Å². The van der Waals surface area contributed by atoms with Gasteiger partial charge < -0.3 is 15.7 Å². The highest BCUT2D eigenvalue weighted by molar-refractivity contribution is 7.98. The van der Waals surface area contributed by atoms with Crippen LogP contribution in [0.4, 0.5) is 10.5 Å². The predicted molar refractivity (Wildman–Crippen MR) is 84.5 cm³/mol. The van der Waals surface area contributed by atoms with Crippen LogP contribution in [0.2, 0.25) is 0 Å². The average molecular weight is 308 g/mol. The summed E-state index contributed by atoms with van der Waals surface area (Å²) in [6.45, 7) is 0.185. The first-order valence-electron chi connectivity index (χ1n) is 6.08. The molecule has 0 aliphatic heterocycles. The third-order valence-electron chi connectivity index (χ3n) is 2.71. The number of aliphatic hydroxyl groups is 1. The first-order chi connectivity index (χ1) is 9.69. The molecule has 0 spiro atoms. The van der Waals surface area contributed by atoms with Crippen molar-refractivity contribution >= 4 is 34.8 Å². The van der Waals surface area contributed by atoms with Crippen LogP contribution < -0.4 is 10.6 Å². The number of thiophene rings is 1. The minimum atomic E-state index is -0.676. The van der Waals surface area contributed by atoms with E-state index in [0.717, 1.165) is 16.1 Å². The Morgan fingerprint density at radius 2 is 2.30 bits per heavy atom. The summed E-state index contributed by atoms with van der Waals surface area (Å²) in [4.78, 5) is 12.8. The van der Waals surface area contributed by atoms with Crippen molar-refractivity contribution in [2.75, 3.05) is 18.1 Å². The van der Waals surface area contributed by atoms with Gasteiger partial charge in [-0.25, -0.2) is 4.79 Å².